The molecule has 2 aromatic rings. The van der Waals surface area contributed by atoms with Gasteiger partial charge in [0.25, 0.3) is 0 Å². The molecule has 0 radical (unpaired) electrons. The van der Waals surface area contributed by atoms with Crippen LogP contribution < -0.4 is 10.9 Å². The van der Waals surface area contributed by atoms with E-state index in [-0.39, 0.29) is 0 Å². The first-order valence-corrected chi connectivity index (χ1v) is 9.96. The van der Waals surface area contributed by atoms with Crippen molar-refractivity contribution in [3.05, 3.63) is 41.0 Å². The molecule has 3 unspecified atom stereocenters. The Kier molecular flexibility index (Phi) is 5.32. The molecule has 5 nitrogen and oxygen atoms in total. The summed E-state index contributed by atoms with van der Waals surface area (Å²) in [4.78, 5) is 2.40. The third-order valence-electron chi connectivity index (χ3n) is 5.74. The van der Waals surface area contributed by atoms with Gasteiger partial charge in [-0.05, 0) is 37.9 Å². The maximum atomic E-state index is 6.18. The van der Waals surface area contributed by atoms with Crippen LogP contribution in [0.3, 0.4) is 0 Å². The highest BCUT2D eigenvalue weighted by Crippen LogP contribution is 2.31. The highest BCUT2D eigenvalue weighted by atomic mass is 35.5. The Labute approximate surface area is 160 Å². The van der Waals surface area contributed by atoms with Crippen molar-refractivity contribution in [1.82, 2.24) is 25.5 Å². The lowest BCUT2D eigenvalue weighted by atomic mass is 9.81. The van der Waals surface area contributed by atoms with Crippen LogP contribution in [-0.2, 0) is 13.6 Å². The zero-order valence-electron chi connectivity index (χ0n) is 15.6. The fourth-order valence-electron chi connectivity index (χ4n) is 4.55. The normalized spacial score (nSPS) is 25.6. The number of likely N-dealkylation sites (N-methyl/N-ethyl adjacent to an activating group) is 1. The third-order valence-corrected chi connectivity index (χ3v) is 5.98. The van der Waals surface area contributed by atoms with Crippen molar-refractivity contribution in [2.24, 2.45) is 13.0 Å². The maximum Gasteiger partial charge on any atom is 0.0968 e. The summed E-state index contributed by atoms with van der Waals surface area (Å²) in [7, 11) is 4.18. The summed E-state index contributed by atoms with van der Waals surface area (Å²) < 4.78 is 1.89. The molecule has 2 fully saturated rings. The third kappa shape index (κ3) is 3.81. The van der Waals surface area contributed by atoms with Gasteiger partial charge in [-0.3, -0.25) is 15.5 Å². The Bertz CT molecular complexity index is 758. The van der Waals surface area contributed by atoms with Crippen LogP contribution in [0.25, 0.3) is 11.3 Å². The monoisotopic (exact) mass is 373 g/mol. The number of hydrazine groups is 1. The summed E-state index contributed by atoms with van der Waals surface area (Å²) >= 11 is 6.18. The number of hydrogen-bond acceptors (Lipinski definition) is 4. The summed E-state index contributed by atoms with van der Waals surface area (Å²) in [5, 5.41) is 5.42. The van der Waals surface area contributed by atoms with E-state index in [0.29, 0.717) is 12.1 Å². The maximum absolute atomic E-state index is 6.18. The molecule has 0 amide bonds. The van der Waals surface area contributed by atoms with E-state index in [1.165, 1.54) is 31.2 Å². The van der Waals surface area contributed by atoms with Gasteiger partial charge in [0.1, 0.15) is 0 Å². The van der Waals surface area contributed by atoms with Gasteiger partial charge in [0.15, 0.2) is 0 Å². The standard InChI is InChI=1S/C20H28ClN5/c1-25(13-19-17-8-3-4-9-18(17)22-23-19)11-15-12-26(2)24-20(15)14-6-5-7-16(21)10-14/h5-7,10,12,17-19,22-23H,3-4,8-9,11,13H2,1-2H3. The molecule has 2 N–H and O–H groups in total. The average molecular weight is 374 g/mol. The summed E-state index contributed by atoms with van der Waals surface area (Å²) in [6.07, 6.45) is 7.49. The predicted molar refractivity (Wildman–Crippen MR) is 106 cm³/mol. The van der Waals surface area contributed by atoms with Gasteiger partial charge < -0.3 is 4.90 Å². The van der Waals surface area contributed by atoms with Crippen molar-refractivity contribution < 1.29 is 0 Å². The molecular weight excluding hydrogens is 346 g/mol. The number of hydrogen-bond donors (Lipinski definition) is 2. The fourth-order valence-corrected chi connectivity index (χ4v) is 4.74. The van der Waals surface area contributed by atoms with Crippen LogP contribution in [0.2, 0.25) is 5.02 Å². The van der Waals surface area contributed by atoms with Gasteiger partial charge in [-0.15, -0.1) is 0 Å². The molecule has 2 heterocycles. The minimum atomic E-state index is 0.525. The molecule has 1 saturated carbocycles. The summed E-state index contributed by atoms with van der Waals surface area (Å²) in [5.74, 6) is 0.757. The predicted octanol–water partition coefficient (Wildman–Crippen LogP) is 3.21. The van der Waals surface area contributed by atoms with Crippen LogP contribution in [0.5, 0.6) is 0 Å². The molecule has 0 bridgehead atoms. The minimum absolute atomic E-state index is 0.525. The number of nitrogens with one attached hydrogen (secondary N) is 2. The van der Waals surface area contributed by atoms with Gasteiger partial charge in [-0.2, -0.15) is 5.10 Å². The first-order chi connectivity index (χ1) is 12.6. The Morgan fingerprint density at radius 2 is 2.12 bits per heavy atom. The van der Waals surface area contributed by atoms with E-state index >= 15 is 0 Å². The molecule has 6 heteroatoms. The van der Waals surface area contributed by atoms with E-state index in [0.717, 1.165) is 35.3 Å². The Morgan fingerprint density at radius 3 is 2.96 bits per heavy atom. The minimum Gasteiger partial charge on any atom is -0.300 e. The van der Waals surface area contributed by atoms with Crippen molar-refractivity contribution in [2.75, 3.05) is 13.6 Å². The van der Waals surface area contributed by atoms with E-state index < -0.39 is 0 Å². The van der Waals surface area contributed by atoms with Crippen LogP contribution in [0.1, 0.15) is 31.2 Å². The van der Waals surface area contributed by atoms with Crippen molar-refractivity contribution in [3.63, 3.8) is 0 Å². The van der Waals surface area contributed by atoms with Gasteiger partial charge in [0, 0.05) is 54.6 Å². The zero-order chi connectivity index (χ0) is 18.1. The van der Waals surface area contributed by atoms with E-state index in [1.54, 1.807) is 0 Å². The lowest BCUT2D eigenvalue weighted by molar-refractivity contribution is 0.237. The zero-order valence-corrected chi connectivity index (χ0v) is 16.3. The summed E-state index contributed by atoms with van der Waals surface area (Å²) in [6.45, 7) is 1.92. The molecule has 2 aliphatic rings. The van der Waals surface area contributed by atoms with E-state index in [4.69, 9.17) is 11.6 Å². The lowest BCUT2D eigenvalue weighted by Crippen LogP contribution is -2.41. The largest absolute Gasteiger partial charge is 0.300 e. The van der Waals surface area contributed by atoms with Gasteiger partial charge in [-0.1, -0.05) is 36.6 Å². The second kappa shape index (κ2) is 7.69. The Balaban J connectivity index is 1.46. The molecule has 0 spiro atoms. The second-order valence-corrected chi connectivity index (χ2v) is 8.27. The number of benzene rings is 1. The van der Waals surface area contributed by atoms with Crippen LogP contribution in [0.15, 0.2) is 30.5 Å². The number of aromatic nitrogens is 2. The van der Waals surface area contributed by atoms with Crippen LogP contribution in [0, 0.1) is 5.92 Å². The Hall–Kier alpha value is -1.40. The van der Waals surface area contributed by atoms with Gasteiger partial charge in [0.05, 0.1) is 5.69 Å². The average Bonchev–Trinajstić information content (AvgIpc) is 3.19. The topological polar surface area (TPSA) is 45.1 Å². The van der Waals surface area contributed by atoms with E-state index in [9.17, 15) is 0 Å². The van der Waals surface area contributed by atoms with E-state index in [1.807, 2.05) is 29.9 Å². The first-order valence-electron chi connectivity index (χ1n) is 9.58. The number of halogens is 1. The lowest BCUT2D eigenvalue weighted by Gasteiger charge is -2.29. The summed E-state index contributed by atoms with van der Waals surface area (Å²) in [5.41, 5.74) is 10.4. The first kappa shape index (κ1) is 18.0. The van der Waals surface area contributed by atoms with Crippen LogP contribution in [0.4, 0.5) is 0 Å². The van der Waals surface area contributed by atoms with Crippen molar-refractivity contribution in [1.29, 1.82) is 0 Å². The molecule has 26 heavy (non-hydrogen) atoms. The molecule has 1 saturated heterocycles. The van der Waals surface area contributed by atoms with Gasteiger partial charge >= 0.3 is 0 Å². The van der Waals surface area contributed by atoms with Crippen molar-refractivity contribution in [3.8, 4) is 11.3 Å². The van der Waals surface area contributed by atoms with Crippen LogP contribution >= 0.6 is 11.6 Å². The number of aryl methyl sites for hydroxylation is 1. The van der Waals surface area contributed by atoms with E-state index in [2.05, 4.69) is 40.2 Å². The quantitative estimate of drug-likeness (QED) is 0.844. The van der Waals surface area contributed by atoms with Gasteiger partial charge in [-0.25, -0.2) is 0 Å². The fraction of sp³-hybridized carbons (Fsp3) is 0.550. The highest BCUT2D eigenvalue weighted by molar-refractivity contribution is 6.30. The molecule has 1 aromatic carbocycles. The van der Waals surface area contributed by atoms with Crippen molar-refractivity contribution in [2.45, 2.75) is 44.3 Å². The molecular formula is C20H28ClN5. The molecule has 3 atom stereocenters. The molecule has 4 rings (SSSR count). The smallest absolute Gasteiger partial charge is 0.0968 e. The molecule has 1 aromatic heterocycles. The molecule has 140 valence electrons. The number of rotatable bonds is 5. The Morgan fingerprint density at radius 1 is 1.27 bits per heavy atom. The van der Waals surface area contributed by atoms with Crippen LogP contribution in [-0.4, -0.2) is 40.4 Å². The second-order valence-electron chi connectivity index (χ2n) is 7.83. The van der Waals surface area contributed by atoms with Crippen molar-refractivity contribution >= 4 is 11.6 Å². The molecule has 1 aliphatic carbocycles. The van der Waals surface area contributed by atoms with Gasteiger partial charge in [0.2, 0.25) is 0 Å². The number of fused-ring (bicyclic) bond motifs is 1. The molecule has 1 aliphatic heterocycles. The number of nitrogens with zero attached hydrogens (tertiary/aromatic N) is 3. The SMILES string of the molecule is CN(Cc1cn(C)nc1-c1cccc(Cl)c1)CC1NNC2CCCCC21. The highest BCUT2D eigenvalue weighted by Gasteiger charge is 2.37. The summed E-state index contributed by atoms with van der Waals surface area (Å²) in [6, 6.07) is 9.13.